The number of hydrogen-bond donors (Lipinski definition) is 0. The second-order valence-corrected chi connectivity index (χ2v) is 6.91. The fraction of sp³-hybridized carbons (Fsp3) is 0.316. The molecule has 1 amide bonds. The molecule has 0 saturated heterocycles. The van der Waals surface area contributed by atoms with Crippen molar-refractivity contribution >= 4 is 27.5 Å². The molecule has 0 N–H and O–H groups in total. The molecule has 25 heavy (non-hydrogen) atoms. The summed E-state index contributed by atoms with van der Waals surface area (Å²) >= 11 is 3.31. The van der Waals surface area contributed by atoms with E-state index in [4.69, 9.17) is 4.74 Å². The predicted molar refractivity (Wildman–Crippen MR) is 99.8 cm³/mol. The number of fused-ring (bicyclic) bond motifs is 1. The number of carbonyl (C=O) groups excluding carboxylic acids is 1. The highest BCUT2D eigenvalue weighted by molar-refractivity contribution is 9.10. The lowest BCUT2D eigenvalue weighted by Gasteiger charge is -2.37. The van der Waals surface area contributed by atoms with Crippen molar-refractivity contribution in [3.63, 3.8) is 0 Å². The maximum absolute atomic E-state index is 13.5. The van der Waals surface area contributed by atoms with E-state index in [2.05, 4.69) is 27.8 Å². The van der Waals surface area contributed by atoms with Crippen LogP contribution in [0.3, 0.4) is 0 Å². The van der Waals surface area contributed by atoms with Crippen molar-refractivity contribution in [3.05, 3.63) is 58.3 Å². The standard InChI is InChI=1S/C19H20BrFN2O2/c1-3-23-12-14(25-18-7-5-4-6-17(18)23)11-22(2)19(24)15-10-13(21)8-9-16(15)20/h4-10,14H,3,11-12H2,1-2H3. The van der Waals surface area contributed by atoms with Crippen molar-refractivity contribution < 1.29 is 13.9 Å². The van der Waals surface area contributed by atoms with Crippen LogP contribution in [0.4, 0.5) is 10.1 Å². The number of ether oxygens (including phenoxy) is 1. The van der Waals surface area contributed by atoms with Gasteiger partial charge >= 0.3 is 0 Å². The minimum absolute atomic E-state index is 0.142. The first kappa shape index (κ1) is 17.7. The minimum atomic E-state index is -0.431. The molecule has 1 unspecified atom stereocenters. The van der Waals surface area contributed by atoms with Gasteiger partial charge < -0.3 is 14.5 Å². The molecule has 2 aromatic rings. The minimum Gasteiger partial charge on any atom is -0.485 e. The Morgan fingerprint density at radius 3 is 2.88 bits per heavy atom. The molecule has 132 valence electrons. The van der Waals surface area contributed by atoms with Gasteiger partial charge in [0.05, 0.1) is 24.3 Å². The van der Waals surface area contributed by atoms with Crippen LogP contribution in [0, 0.1) is 5.82 Å². The third kappa shape index (κ3) is 3.79. The average Bonchev–Trinajstić information content (AvgIpc) is 2.62. The molecule has 1 heterocycles. The number of halogens is 2. The largest absolute Gasteiger partial charge is 0.485 e. The molecule has 1 atom stereocenters. The fourth-order valence-corrected chi connectivity index (χ4v) is 3.45. The first-order valence-electron chi connectivity index (χ1n) is 8.20. The molecule has 0 fully saturated rings. The van der Waals surface area contributed by atoms with Crippen molar-refractivity contribution in [3.8, 4) is 5.75 Å². The zero-order valence-corrected chi connectivity index (χ0v) is 15.8. The highest BCUT2D eigenvalue weighted by Gasteiger charge is 2.27. The number of anilines is 1. The molecular weight excluding hydrogens is 387 g/mol. The highest BCUT2D eigenvalue weighted by Crippen LogP contribution is 2.33. The van der Waals surface area contributed by atoms with Crippen LogP contribution in [0.5, 0.6) is 5.75 Å². The second-order valence-electron chi connectivity index (χ2n) is 6.06. The average molecular weight is 407 g/mol. The Kier molecular flexibility index (Phi) is 5.27. The van der Waals surface area contributed by atoms with Gasteiger partial charge in [0.2, 0.25) is 0 Å². The van der Waals surface area contributed by atoms with Gasteiger partial charge in [0.25, 0.3) is 5.91 Å². The molecule has 1 aliphatic heterocycles. The summed E-state index contributed by atoms with van der Waals surface area (Å²) in [4.78, 5) is 16.5. The second kappa shape index (κ2) is 7.44. The molecule has 0 saturated carbocycles. The Hall–Kier alpha value is -2.08. The third-order valence-electron chi connectivity index (χ3n) is 4.29. The lowest BCUT2D eigenvalue weighted by Crippen LogP contribution is -2.46. The van der Waals surface area contributed by atoms with Crippen molar-refractivity contribution in [2.75, 3.05) is 31.6 Å². The zero-order chi connectivity index (χ0) is 18.0. The summed E-state index contributed by atoms with van der Waals surface area (Å²) in [6.07, 6.45) is -0.142. The van der Waals surface area contributed by atoms with Crippen LogP contribution in [0.15, 0.2) is 46.9 Å². The molecule has 0 radical (unpaired) electrons. The third-order valence-corrected chi connectivity index (χ3v) is 4.98. The molecular formula is C19H20BrFN2O2. The van der Waals surface area contributed by atoms with E-state index in [1.54, 1.807) is 18.0 Å². The lowest BCUT2D eigenvalue weighted by molar-refractivity contribution is 0.0708. The van der Waals surface area contributed by atoms with Crippen LogP contribution in [-0.2, 0) is 0 Å². The number of likely N-dealkylation sites (N-methyl/N-ethyl adjacent to an activating group) is 2. The van der Waals surface area contributed by atoms with E-state index in [1.165, 1.54) is 12.1 Å². The van der Waals surface area contributed by atoms with E-state index in [0.29, 0.717) is 23.1 Å². The van der Waals surface area contributed by atoms with E-state index in [0.717, 1.165) is 18.0 Å². The summed E-state index contributed by atoms with van der Waals surface area (Å²) in [6, 6.07) is 12.0. The van der Waals surface area contributed by atoms with E-state index in [1.807, 2.05) is 24.3 Å². The van der Waals surface area contributed by atoms with Crippen molar-refractivity contribution in [2.45, 2.75) is 13.0 Å². The summed E-state index contributed by atoms with van der Waals surface area (Å²) in [5.41, 5.74) is 1.38. The lowest BCUT2D eigenvalue weighted by atomic mass is 10.1. The van der Waals surface area contributed by atoms with Gasteiger partial charge in [0.1, 0.15) is 17.7 Å². The molecule has 0 aromatic heterocycles. The summed E-state index contributed by atoms with van der Waals surface area (Å²) in [7, 11) is 1.71. The van der Waals surface area contributed by atoms with Gasteiger partial charge in [-0.05, 0) is 53.2 Å². The van der Waals surface area contributed by atoms with Gasteiger partial charge in [0.15, 0.2) is 0 Å². The highest BCUT2D eigenvalue weighted by atomic mass is 79.9. The topological polar surface area (TPSA) is 32.8 Å². The Labute approximate surface area is 155 Å². The fourth-order valence-electron chi connectivity index (χ4n) is 3.03. The van der Waals surface area contributed by atoms with Crippen LogP contribution in [0.1, 0.15) is 17.3 Å². The molecule has 1 aliphatic rings. The van der Waals surface area contributed by atoms with Crippen molar-refractivity contribution in [2.24, 2.45) is 0 Å². The molecule has 0 spiro atoms. The molecule has 0 aliphatic carbocycles. The molecule has 0 bridgehead atoms. The number of rotatable bonds is 4. The van der Waals surface area contributed by atoms with E-state index < -0.39 is 5.82 Å². The number of para-hydroxylation sites is 2. The van der Waals surface area contributed by atoms with E-state index in [-0.39, 0.29) is 12.0 Å². The number of carbonyl (C=O) groups is 1. The summed E-state index contributed by atoms with van der Waals surface area (Å²) in [5, 5.41) is 0. The van der Waals surface area contributed by atoms with Crippen LogP contribution in [0.25, 0.3) is 0 Å². The number of benzene rings is 2. The number of hydrogen-bond acceptors (Lipinski definition) is 3. The SMILES string of the molecule is CCN1CC(CN(C)C(=O)c2cc(F)ccc2Br)Oc2ccccc21. The molecule has 2 aromatic carbocycles. The van der Waals surface area contributed by atoms with E-state index in [9.17, 15) is 9.18 Å². The monoisotopic (exact) mass is 406 g/mol. The number of amides is 1. The van der Waals surface area contributed by atoms with Gasteiger partial charge in [-0.3, -0.25) is 4.79 Å². The molecule has 4 nitrogen and oxygen atoms in total. The van der Waals surface area contributed by atoms with E-state index >= 15 is 0 Å². The smallest absolute Gasteiger partial charge is 0.254 e. The van der Waals surface area contributed by atoms with Gasteiger partial charge in [0, 0.05) is 18.1 Å². The van der Waals surface area contributed by atoms with Gasteiger partial charge in [-0.15, -0.1) is 0 Å². The van der Waals surface area contributed by atoms with Crippen LogP contribution in [0.2, 0.25) is 0 Å². The normalized spacial score (nSPS) is 16.2. The van der Waals surface area contributed by atoms with Gasteiger partial charge in [-0.2, -0.15) is 0 Å². The first-order valence-corrected chi connectivity index (χ1v) is 9.00. The van der Waals surface area contributed by atoms with Gasteiger partial charge in [-0.25, -0.2) is 4.39 Å². The summed E-state index contributed by atoms with van der Waals surface area (Å²) in [5.74, 6) is 0.158. The Morgan fingerprint density at radius 1 is 1.36 bits per heavy atom. The van der Waals surface area contributed by atoms with Crippen LogP contribution in [-0.4, -0.2) is 43.6 Å². The van der Waals surface area contributed by atoms with Crippen LogP contribution >= 0.6 is 15.9 Å². The maximum Gasteiger partial charge on any atom is 0.254 e. The Morgan fingerprint density at radius 2 is 2.12 bits per heavy atom. The van der Waals surface area contributed by atoms with Gasteiger partial charge in [-0.1, -0.05) is 12.1 Å². The maximum atomic E-state index is 13.5. The molecule has 6 heteroatoms. The van der Waals surface area contributed by atoms with Crippen LogP contribution < -0.4 is 9.64 Å². The summed E-state index contributed by atoms with van der Waals surface area (Å²) in [6.45, 7) is 4.09. The zero-order valence-electron chi connectivity index (χ0n) is 14.2. The first-order chi connectivity index (χ1) is 12.0. The Bertz CT molecular complexity index is 784. The number of nitrogens with zero attached hydrogens (tertiary/aromatic N) is 2. The van der Waals surface area contributed by atoms with Crippen molar-refractivity contribution in [1.82, 2.24) is 4.90 Å². The predicted octanol–water partition coefficient (Wildman–Crippen LogP) is 3.95. The summed E-state index contributed by atoms with van der Waals surface area (Å²) < 4.78 is 20.1. The Balaban J connectivity index is 1.74. The van der Waals surface area contributed by atoms with Crippen molar-refractivity contribution in [1.29, 1.82) is 0 Å². The quantitative estimate of drug-likeness (QED) is 0.770. The molecule has 3 rings (SSSR count).